The van der Waals surface area contributed by atoms with Crippen LogP contribution in [0.4, 0.5) is 0 Å². The van der Waals surface area contributed by atoms with Gasteiger partial charge in [-0.3, -0.25) is 9.69 Å². The molecule has 1 aliphatic heterocycles. The van der Waals surface area contributed by atoms with Crippen LogP contribution in [-0.2, 0) is 27.8 Å². The third-order valence-electron chi connectivity index (χ3n) is 6.05. The molecule has 0 atom stereocenters. The van der Waals surface area contributed by atoms with Gasteiger partial charge in [-0.05, 0) is 48.7 Å². The smallest absolute Gasteiger partial charge is 0.243 e. The number of hydrogen-bond donors (Lipinski definition) is 1. The Morgan fingerprint density at radius 1 is 1.03 bits per heavy atom. The number of halogens is 1. The number of rotatable bonds is 9. The SMILES string of the molecule is CC(C)Cc1cc(CNC(=O)CN2CCN(S(=O)(=O)c3cccc(Cl)c3)CC2)nn1-c1ccccc1. The van der Waals surface area contributed by atoms with E-state index in [1.165, 1.54) is 10.4 Å². The summed E-state index contributed by atoms with van der Waals surface area (Å²) in [5.41, 5.74) is 2.91. The standard InChI is InChI=1S/C26H32ClN5O3S/c1-20(2)15-24-17-22(29-32(24)23-8-4-3-5-9-23)18-28-26(33)19-30-11-13-31(14-12-30)36(34,35)25-10-6-7-21(27)16-25/h3-10,16-17,20H,11-15,18-19H2,1-2H3,(H,28,33). The van der Waals surface area contributed by atoms with Crippen LogP contribution in [0.25, 0.3) is 5.69 Å². The van der Waals surface area contributed by atoms with Crippen molar-refractivity contribution in [2.45, 2.75) is 31.7 Å². The molecule has 8 nitrogen and oxygen atoms in total. The molecule has 1 aliphatic rings. The first-order chi connectivity index (χ1) is 17.2. The largest absolute Gasteiger partial charge is 0.349 e. The van der Waals surface area contributed by atoms with Gasteiger partial charge in [0.2, 0.25) is 15.9 Å². The molecular formula is C26H32ClN5O3S. The molecule has 1 saturated heterocycles. The summed E-state index contributed by atoms with van der Waals surface area (Å²) in [5, 5.41) is 8.08. The Hall–Kier alpha value is -2.72. The number of benzene rings is 2. The van der Waals surface area contributed by atoms with E-state index in [1.54, 1.807) is 18.2 Å². The van der Waals surface area contributed by atoms with E-state index in [0.29, 0.717) is 43.7 Å². The van der Waals surface area contributed by atoms with Gasteiger partial charge < -0.3 is 5.32 Å². The van der Waals surface area contributed by atoms with Crippen LogP contribution >= 0.6 is 11.6 Å². The normalized spacial score (nSPS) is 15.3. The second-order valence-electron chi connectivity index (χ2n) is 9.39. The topological polar surface area (TPSA) is 87.5 Å². The molecule has 1 amide bonds. The van der Waals surface area contributed by atoms with Gasteiger partial charge in [0.1, 0.15) is 0 Å². The molecule has 0 saturated carbocycles. The zero-order valence-electron chi connectivity index (χ0n) is 20.6. The number of aromatic nitrogens is 2. The Bertz CT molecular complexity index is 1290. The van der Waals surface area contributed by atoms with Crippen LogP contribution in [-0.4, -0.2) is 66.0 Å². The molecule has 192 valence electrons. The fourth-order valence-corrected chi connectivity index (χ4v) is 5.99. The highest BCUT2D eigenvalue weighted by Crippen LogP contribution is 2.21. The Balaban J connectivity index is 1.31. The van der Waals surface area contributed by atoms with Crippen LogP contribution < -0.4 is 5.32 Å². The quantitative estimate of drug-likeness (QED) is 0.459. The van der Waals surface area contributed by atoms with Crippen LogP contribution in [0.1, 0.15) is 25.2 Å². The maximum atomic E-state index is 12.9. The Morgan fingerprint density at radius 3 is 2.42 bits per heavy atom. The summed E-state index contributed by atoms with van der Waals surface area (Å²) in [6, 6.07) is 18.3. The number of amides is 1. The summed E-state index contributed by atoms with van der Waals surface area (Å²) < 4.78 is 29.2. The maximum absolute atomic E-state index is 12.9. The van der Waals surface area contributed by atoms with Crippen LogP contribution in [0.2, 0.25) is 5.02 Å². The van der Waals surface area contributed by atoms with Gasteiger partial charge in [-0.1, -0.05) is 49.7 Å². The van der Waals surface area contributed by atoms with E-state index in [9.17, 15) is 13.2 Å². The molecule has 2 heterocycles. The van der Waals surface area contributed by atoms with Crippen molar-refractivity contribution >= 4 is 27.5 Å². The summed E-state index contributed by atoms with van der Waals surface area (Å²) in [5.74, 6) is 0.369. The summed E-state index contributed by atoms with van der Waals surface area (Å²) in [6.07, 6.45) is 0.887. The van der Waals surface area contributed by atoms with Crippen molar-refractivity contribution in [1.82, 2.24) is 24.3 Å². The molecule has 1 N–H and O–H groups in total. The molecule has 10 heteroatoms. The molecule has 0 unspecified atom stereocenters. The molecule has 36 heavy (non-hydrogen) atoms. The summed E-state index contributed by atoms with van der Waals surface area (Å²) in [7, 11) is -3.61. The highest BCUT2D eigenvalue weighted by molar-refractivity contribution is 7.89. The van der Waals surface area contributed by atoms with Crippen molar-refractivity contribution in [3.63, 3.8) is 0 Å². The summed E-state index contributed by atoms with van der Waals surface area (Å²) in [6.45, 7) is 6.50. The first-order valence-corrected chi connectivity index (χ1v) is 13.9. The first-order valence-electron chi connectivity index (χ1n) is 12.1. The van der Waals surface area contributed by atoms with E-state index in [4.69, 9.17) is 16.7 Å². The van der Waals surface area contributed by atoms with Crippen LogP contribution in [0.3, 0.4) is 0 Å². The zero-order chi connectivity index (χ0) is 25.7. The van der Waals surface area contributed by atoms with E-state index < -0.39 is 10.0 Å². The number of carbonyl (C=O) groups is 1. The van der Waals surface area contributed by atoms with Gasteiger partial charge in [0.05, 0.1) is 29.4 Å². The molecule has 0 radical (unpaired) electrons. The van der Waals surface area contributed by atoms with E-state index in [1.807, 2.05) is 46.0 Å². The first kappa shape index (κ1) is 26.3. The van der Waals surface area contributed by atoms with E-state index in [2.05, 4.69) is 19.2 Å². The van der Waals surface area contributed by atoms with Crippen molar-refractivity contribution in [2.24, 2.45) is 5.92 Å². The Kier molecular flexibility index (Phi) is 8.46. The minimum atomic E-state index is -3.61. The molecule has 0 spiro atoms. The number of nitrogens with one attached hydrogen (secondary N) is 1. The number of piperazine rings is 1. The van der Waals surface area contributed by atoms with Crippen molar-refractivity contribution in [1.29, 1.82) is 0 Å². The fraction of sp³-hybridized carbons (Fsp3) is 0.385. The predicted molar refractivity (Wildman–Crippen MR) is 141 cm³/mol. The van der Waals surface area contributed by atoms with Crippen molar-refractivity contribution in [3.05, 3.63) is 77.1 Å². The number of hydrogen-bond acceptors (Lipinski definition) is 5. The minimum absolute atomic E-state index is 0.110. The molecular weight excluding hydrogens is 498 g/mol. The summed E-state index contributed by atoms with van der Waals surface area (Å²) in [4.78, 5) is 14.8. The van der Waals surface area contributed by atoms with Crippen LogP contribution in [0, 0.1) is 5.92 Å². The maximum Gasteiger partial charge on any atom is 0.243 e. The highest BCUT2D eigenvalue weighted by atomic mass is 35.5. The fourth-order valence-electron chi connectivity index (χ4n) is 4.27. The highest BCUT2D eigenvalue weighted by Gasteiger charge is 2.29. The number of sulfonamides is 1. The Morgan fingerprint density at radius 2 is 1.75 bits per heavy atom. The van der Waals surface area contributed by atoms with Gasteiger partial charge >= 0.3 is 0 Å². The lowest BCUT2D eigenvalue weighted by Crippen LogP contribution is -2.51. The van der Waals surface area contributed by atoms with Crippen molar-refractivity contribution < 1.29 is 13.2 Å². The summed E-state index contributed by atoms with van der Waals surface area (Å²) >= 11 is 5.97. The zero-order valence-corrected chi connectivity index (χ0v) is 22.2. The Labute approximate surface area is 217 Å². The van der Waals surface area contributed by atoms with Gasteiger partial charge in [0.15, 0.2) is 0 Å². The average Bonchev–Trinajstić information content (AvgIpc) is 3.25. The molecule has 0 bridgehead atoms. The van der Waals surface area contributed by atoms with Crippen LogP contribution in [0.15, 0.2) is 65.6 Å². The molecule has 1 fully saturated rings. The van der Waals surface area contributed by atoms with E-state index >= 15 is 0 Å². The van der Waals surface area contributed by atoms with E-state index in [0.717, 1.165) is 23.5 Å². The molecule has 0 aliphatic carbocycles. The minimum Gasteiger partial charge on any atom is -0.349 e. The monoisotopic (exact) mass is 529 g/mol. The molecule has 2 aromatic carbocycles. The molecule has 4 rings (SSSR count). The van der Waals surface area contributed by atoms with Crippen LogP contribution in [0.5, 0.6) is 0 Å². The average molecular weight is 530 g/mol. The van der Waals surface area contributed by atoms with Crippen molar-refractivity contribution in [2.75, 3.05) is 32.7 Å². The number of nitrogens with zero attached hydrogens (tertiary/aromatic N) is 4. The second-order valence-corrected chi connectivity index (χ2v) is 11.8. The van der Waals surface area contributed by atoms with Crippen molar-refractivity contribution in [3.8, 4) is 5.69 Å². The lowest BCUT2D eigenvalue weighted by atomic mass is 10.1. The van der Waals surface area contributed by atoms with Gasteiger partial charge in [0.25, 0.3) is 0 Å². The molecule has 1 aromatic heterocycles. The lowest BCUT2D eigenvalue weighted by molar-refractivity contribution is -0.122. The second kappa shape index (κ2) is 11.6. The molecule has 3 aromatic rings. The van der Waals surface area contributed by atoms with Gasteiger partial charge in [-0.2, -0.15) is 9.40 Å². The predicted octanol–water partition coefficient (Wildman–Crippen LogP) is 3.35. The number of carbonyl (C=O) groups excluding carboxylic acids is 1. The van der Waals surface area contributed by atoms with Gasteiger partial charge in [-0.15, -0.1) is 0 Å². The van der Waals surface area contributed by atoms with Gasteiger partial charge in [-0.25, -0.2) is 13.1 Å². The lowest BCUT2D eigenvalue weighted by Gasteiger charge is -2.33. The third-order valence-corrected chi connectivity index (χ3v) is 8.18. The van der Waals surface area contributed by atoms with E-state index in [-0.39, 0.29) is 17.3 Å². The number of para-hydroxylation sites is 1. The third kappa shape index (κ3) is 6.53. The van der Waals surface area contributed by atoms with Gasteiger partial charge in [0, 0.05) is 36.9 Å².